The van der Waals surface area contributed by atoms with Gasteiger partial charge in [0.05, 0.1) is 8.66 Å². The van der Waals surface area contributed by atoms with Gasteiger partial charge in [-0.15, -0.1) is 20.1 Å². The molecule has 2 heterocycles. The number of carbonyl (C=O) groups excluding carboxylic acids is 2. The van der Waals surface area contributed by atoms with Crippen molar-refractivity contribution in [1.29, 1.82) is 0 Å². The smallest absolute Gasteiger partial charge is 0.395 e. The van der Waals surface area contributed by atoms with E-state index in [0.717, 1.165) is 3.79 Å². The van der Waals surface area contributed by atoms with Crippen LogP contribution < -0.4 is 20.1 Å². The molecular weight excluding hydrogens is 422 g/mol. The minimum atomic E-state index is -3.72. The summed E-state index contributed by atoms with van der Waals surface area (Å²) in [5.41, 5.74) is 0.241. The standard InChI is InChI=1S/C15H11BrF2N2O4S/c1-7(19-14(22)11-4-5-12(16)25-11)13(21)20-8-2-3-9-10(6-8)24-15(17,18)23-9/h2-7H,1H3,(H,19,22)(H,20,21). The average Bonchev–Trinajstić information content (AvgIpc) is 3.08. The number of fused-ring (bicyclic) bond motifs is 1. The monoisotopic (exact) mass is 432 g/mol. The Hall–Kier alpha value is -2.20. The molecule has 1 aliphatic rings. The van der Waals surface area contributed by atoms with Crippen LogP contribution in [0.15, 0.2) is 34.1 Å². The molecule has 0 saturated heterocycles. The average molecular weight is 433 g/mol. The molecule has 6 nitrogen and oxygen atoms in total. The molecule has 1 aromatic carbocycles. The van der Waals surface area contributed by atoms with Crippen molar-refractivity contribution in [2.75, 3.05) is 5.32 Å². The maximum Gasteiger partial charge on any atom is 0.586 e. The van der Waals surface area contributed by atoms with Gasteiger partial charge >= 0.3 is 6.29 Å². The third-order valence-corrected chi connectivity index (χ3v) is 4.83. The Morgan fingerprint density at radius 3 is 2.60 bits per heavy atom. The maximum atomic E-state index is 13.0. The van der Waals surface area contributed by atoms with E-state index in [2.05, 4.69) is 36.0 Å². The van der Waals surface area contributed by atoms with Gasteiger partial charge in [0, 0.05) is 11.8 Å². The molecule has 0 aliphatic carbocycles. The molecule has 0 radical (unpaired) electrons. The van der Waals surface area contributed by atoms with Crippen LogP contribution in [0.25, 0.3) is 0 Å². The number of hydrogen-bond acceptors (Lipinski definition) is 5. The number of alkyl halides is 2. The summed E-state index contributed by atoms with van der Waals surface area (Å²) in [6.45, 7) is 1.51. The third kappa shape index (κ3) is 4.07. The summed E-state index contributed by atoms with van der Waals surface area (Å²) in [7, 11) is 0. The number of carbonyl (C=O) groups is 2. The lowest BCUT2D eigenvalue weighted by molar-refractivity contribution is -0.286. The molecule has 2 aromatic rings. The van der Waals surface area contributed by atoms with Crippen LogP contribution in [0.2, 0.25) is 0 Å². The number of rotatable bonds is 4. The van der Waals surface area contributed by atoms with Gasteiger partial charge in [0.1, 0.15) is 6.04 Å². The molecule has 2 amide bonds. The first kappa shape index (κ1) is 17.6. The van der Waals surface area contributed by atoms with Crippen molar-refractivity contribution in [3.05, 3.63) is 39.0 Å². The highest BCUT2D eigenvalue weighted by Gasteiger charge is 2.43. The number of anilines is 1. The van der Waals surface area contributed by atoms with Gasteiger partial charge in [-0.1, -0.05) is 0 Å². The Kier molecular flexibility index (Phi) is 4.65. The molecular formula is C15H11BrF2N2O4S. The van der Waals surface area contributed by atoms with Crippen molar-refractivity contribution in [3.8, 4) is 11.5 Å². The zero-order valence-corrected chi connectivity index (χ0v) is 15.0. The second-order valence-electron chi connectivity index (χ2n) is 5.12. The zero-order chi connectivity index (χ0) is 18.2. The zero-order valence-electron chi connectivity index (χ0n) is 12.6. The van der Waals surface area contributed by atoms with Crippen LogP contribution in [0.5, 0.6) is 11.5 Å². The fraction of sp³-hybridized carbons (Fsp3) is 0.200. The van der Waals surface area contributed by atoms with Crippen LogP contribution in [-0.4, -0.2) is 24.2 Å². The molecule has 1 unspecified atom stereocenters. The number of hydrogen-bond donors (Lipinski definition) is 2. The van der Waals surface area contributed by atoms with Crippen molar-refractivity contribution in [1.82, 2.24) is 5.32 Å². The molecule has 3 rings (SSSR count). The first-order valence-corrected chi connectivity index (χ1v) is 8.61. The molecule has 0 spiro atoms. The molecule has 0 bridgehead atoms. The fourth-order valence-electron chi connectivity index (χ4n) is 2.05. The van der Waals surface area contributed by atoms with Gasteiger partial charge < -0.3 is 20.1 Å². The van der Waals surface area contributed by atoms with Crippen LogP contribution in [0.1, 0.15) is 16.6 Å². The van der Waals surface area contributed by atoms with E-state index in [-0.39, 0.29) is 23.1 Å². The molecule has 1 atom stereocenters. The van der Waals surface area contributed by atoms with Crippen LogP contribution in [0, 0.1) is 0 Å². The fourth-order valence-corrected chi connectivity index (χ4v) is 3.34. The van der Waals surface area contributed by atoms with E-state index in [1.807, 2.05) is 0 Å². The Morgan fingerprint density at radius 2 is 1.92 bits per heavy atom. The quantitative estimate of drug-likeness (QED) is 0.773. The Balaban J connectivity index is 1.61. The van der Waals surface area contributed by atoms with Crippen LogP contribution in [-0.2, 0) is 4.79 Å². The molecule has 132 valence electrons. The Bertz CT molecular complexity index is 843. The van der Waals surface area contributed by atoms with Crippen molar-refractivity contribution >= 4 is 44.8 Å². The maximum absolute atomic E-state index is 13.0. The van der Waals surface area contributed by atoms with E-state index < -0.39 is 18.2 Å². The summed E-state index contributed by atoms with van der Waals surface area (Å²) in [5, 5.41) is 5.08. The van der Waals surface area contributed by atoms with Crippen molar-refractivity contribution in [3.63, 3.8) is 0 Å². The SMILES string of the molecule is CC(NC(=O)c1ccc(Br)s1)C(=O)Nc1ccc2c(c1)OC(F)(F)O2. The Morgan fingerprint density at radius 1 is 1.20 bits per heavy atom. The van der Waals surface area contributed by atoms with E-state index in [1.54, 1.807) is 12.1 Å². The normalized spacial score (nSPS) is 15.5. The van der Waals surface area contributed by atoms with E-state index in [1.165, 1.54) is 36.5 Å². The molecule has 25 heavy (non-hydrogen) atoms. The van der Waals surface area contributed by atoms with Gasteiger partial charge in [0.2, 0.25) is 5.91 Å². The predicted octanol–water partition coefficient (Wildman–Crippen LogP) is 3.59. The number of nitrogens with one attached hydrogen (secondary N) is 2. The number of thiophene rings is 1. The summed E-state index contributed by atoms with van der Waals surface area (Å²) in [6.07, 6.45) is -3.72. The van der Waals surface area contributed by atoms with Crippen LogP contribution in [0.3, 0.4) is 0 Å². The second kappa shape index (κ2) is 6.60. The summed E-state index contributed by atoms with van der Waals surface area (Å²) < 4.78 is 35.4. The van der Waals surface area contributed by atoms with Crippen LogP contribution in [0.4, 0.5) is 14.5 Å². The molecule has 1 aliphatic heterocycles. The largest absolute Gasteiger partial charge is 0.586 e. The predicted molar refractivity (Wildman–Crippen MR) is 90.2 cm³/mol. The van der Waals surface area contributed by atoms with Gasteiger partial charge in [-0.25, -0.2) is 0 Å². The highest BCUT2D eigenvalue weighted by molar-refractivity contribution is 9.11. The minimum Gasteiger partial charge on any atom is -0.395 e. The molecule has 0 fully saturated rings. The molecule has 0 saturated carbocycles. The van der Waals surface area contributed by atoms with E-state index >= 15 is 0 Å². The number of benzene rings is 1. The lowest BCUT2D eigenvalue weighted by atomic mass is 10.2. The highest BCUT2D eigenvalue weighted by atomic mass is 79.9. The van der Waals surface area contributed by atoms with Crippen LogP contribution >= 0.6 is 27.3 Å². The van der Waals surface area contributed by atoms with E-state index in [4.69, 9.17) is 0 Å². The summed E-state index contributed by atoms with van der Waals surface area (Å²) in [6, 6.07) is 6.41. The number of ether oxygens (including phenoxy) is 2. The summed E-state index contributed by atoms with van der Waals surface area (Å²) in [5.74, 6) is -1.19. The first-order chi connectivity index (χ1) is 11.7. The first-order valence-electron chi connectivity index (χ1n) is 7.00. The molecule has 2 N–H and O–H groups in total. The minimum absolute atomic E-state index is 0.118. The van der Waals surface area contributed by atoms with Crippen molar-refractivity contribution in [2.24, 2.45) is 0 Å². The highest BCUT2D eigenvalue weighted by Crippen LogP contribution is 2.42. The van der Waals surface area contributed by atoms with Gasteiger partial charge in [0.15, 0.2) is 11.5 Å². The number of amides is 2. The van der Waals surface area contributed by atoms with Crippen molar-refractivity contribution < 1.29 is 27.8 Å². The van der Waals surface area contributed by atoms with Gasteiger partial charge in [0.25, 0.3) is 5.91 Å². The van der Waals surface area contributed by atoms with Crippen molar-refractivity contribution in [2.45, 2.75) is 19.3 Å². The lowest BCUT2D eigenvalue weighted by Gasteiger charge is -2.13. The summed E-state index contributed by atoms with van der Waals surface area (Å²) >= 11 is 4.49. The summed E-state index contributed by atoms with van der Waals surface area (Å²) in [4.78, 5) is 24.6. The lowest BCUT2D eigenvalue weighted by Crippen LogP contribution is -2.41. The van der Waals surface area contributed by atoms with E-state index in [0.29, 0.717) is 4.88 Å². The topological polar surface area (TPSA) is 76.7 Å². The third-order valence-electron chi connectivity index (χ3n) is 3.21. The Labute approximate surface area is 153 Å². The second-order valence-corrected chi connectivity index (χ2v) is 7.58. The molecule has 1 aromatic heterocycles. The molecule has 10 heteroatoms. The van der Waals surface area contributed by atoms with Gasteiger partial charge in [-0.2, -0.15) is 0 Å². The number of halogens is 3. The van der Waals surface area contributed by atoms with E-state index in [9.17, 15) is 18.4 Å². The van der Waals surface area contributed by atoms with Gasteiger partial charge in [-0.3, -0.25) is 9.59 Å². The van der Waals surface area contributed by atoms with Gasteiger partial charge in [-0.05, 0) is 47.1 Å².